The van der Waals surface area contributed by atoms with Crippen molar-refractivity contribution in [3.05, 3.63) is 42.7 Å². The Morgan fingerprint density at radius 3 is 2.56 bits per heavy atom. The Hall–Kier alpha value is -2.30. The zero-order valence-electron chi connectivity index (χ0n) is 14.4. The highest BCUT2D eigenvalue weighted by molar-refractivity contribution is 7.98. The van der Waals surface area contributed by atoms with Gasteiger partial charge >= 0.3 is 0 Å². The van der Waals surface area contributed by atoms with E-state index in [-0.39, 0.29) is 10.8 Å². The minimum Gasteiger partial charge on any atom is -0.411 e. The Balaban J connectivity index is 1.58. The minimum atomic E-state index is -3.52. The third kappa shape index (κ3) is 4.02. The van der Waals surface area contributed by atoms with Crippen LogP contribution in [0.2, 0.25) is 0 Å². The molecule has 140 valence electrons. The number of hydrogen-bond acceptors (Lipinski definition) is 8. The molecule has 0 atom stereocenters. The lowest BCUT2D eigenvalue weighted by molar-refractivity contribution is 0.346. The number of piperidine rings is 1. The van der Waals surface area contributed by atoms with Crippen molar-refractivity contribution in [2.24, 2.45) is 0 Å². The summed E-state index contributed by atoms with van der Waals surface area (Å²) < 4.78 is 32.9. The molecule has 2 aromatic heterocycles. The van der Waals surface area contributed by atoms with Gasteiger partial charge in [-0.15, -0.1) is 10.2 Å². The molecule has 3 aromatic rings. The van der Waals surface area contributed by atoms with Gasteiger partial charge in [-0.2, -0.15) is 4.31 Å². The van der Waals surface area contributed by atoms with Crippen molar-refractivity contribution in [1.82, 2.24) is 24.5 Å². The van der Waals surface area contributed by atoms with Gasteiger partial charge in [0.05, 0.1) is 4.90 Å². The van der Waals surface area contributed by atoms with Gasteiger partial charge in [0, 0.05) is 42.8 Å². The standard InChI is InChI=1S/C17H17N5O3S2/c23-27(24,22-10-2-1-3-11-22)14-7-4-6-13(12-14)15-20-21-17(25-15)26-16-18-8-5-9-19-16/h4-9,12H,1-3,10-11H2. The third-order valence-electron chi connectivity index (χ3n) is 4.16. The molecule has 0 N–H and O–H groups in total. The summed E-state index contributed by atoms with van der Waals surface area (Å²) in [6.45, 7) is 1.12. The molecule has 0 aliphatic carbocycles. The van der Waals surface area contributed by atoms with E-state index in [1.807, 2.05) is 0 Å². The van der Waals surface area contributed by atoms with Crippen LogP contribution in [0.15, 0.2) is 62.4 Å². The van der Waals surface area contributed by atoms with E-state index in [4.69, 9.17) is 4.42 Å². The monoisotopic (exact) mass is 403 g/mol. The topological polar surface area (TPSA) is 102 Å². The second-order valence-electron chi connectivity index (χ2n) is 6.00. The molecule has 0 bridgehead atoms. The van der Waals surface area contributed by atoms with Crippen LogP contribution in [0.3, 0.4) is 0 Å². The van der Waals surface area contributed by atoms with E-state index in [1.165, 1.54) is 4.31 Å². The van der Waals surface area contributed by atoms with Crippen molar-refractivity contribution in [1.29, 1.82) is 0 Å². The lowest BCUT2D eigenvalue weighted by Crippen LogP contribution is -2.35. The largest absolute Gasteiger partial charge is 0.411 e. The Morgan fingerprint density at radius 2 is 1.78 bits per heavy atom. The molecular weight excluding hydrogens is 386 g/mol. The summed E-state index contributed by atoms with van der Waals surface area (Å²) in [6.07, 6.45) is 6.11. The summed E-state index contributed by atoms with van der Waals surface area (Å²) in [5.74, 6) is 0.254. The summed E-state index contributed by atoms with van der Waals surface area (Å²) in [5, 5.41) is 8.78. The summed E-state index contributed by atoms with van der Waals surface area (Å²) in [4.78, 5) is 8.42. The van der Waals surface area contributed by atoms with Crippen LogP contribution in [0, 0.1) is 0 Å². The molecule has 1 aliphatic heterocycles. The normalized spacial score (nSPS) is 15.7. The quantitative estimate of drug-likeness (QED) is 0.599. The number of hydrogen-bond donors (Lipinski definition) is 0. The lowest BCUT2D eigenvalue weighted by Gasteiger charge is -2.25. The average Bonchev–Trinajstić information content (AvgIpc) is 3.18. The molecule has 1 aromatic carbocycles. The molecule has 0 radical (unpaired) electrons. The van der Waals surface area contributed by atoms with E-state index in [9.17, 15) is 8.42 Å². The second-order valence-corrected chi connectivity index (χ2v) is 8.86. The average molecular weight is 403 g/mol. The van der Waals surface area contributed by atoms with E-state index in [0.29, 0.717) is 29.0 Å². The van der Waals surface area contributed by atoms with E-state index < -0.39 is 10.0 Å². The van der Waals surface area contributed by atoms with Gasteiger partial charge in [0.2, 0.25) is 15.9 Å². The van der Waals surface area contributed by atoms with Crippen LogP contribution in [0.5, 0.6) is 0 Å². The summed E-state index contributed by atoms with van der Waals surface area (Å²) in [5.41, 5.74) is 0.557. The first kappa shape index (κ1) is 18.1. The maximum atomic E-state index is 12.9. The fourth-order valence-electron chi connectivity index (χ4n) is 2.83. The molecule has 0 unspecified atom stereocenters. The number of nitrogens with zero attached hydrogens (tertiary/aromatic N) is 5. The van der Waals surface area contributed by atoms with Gasteiger partial charge in [0.15, 0.2) is 5.16 Å². The molecule has 0 amide bonds. The molecule has 1 saturated heterocycles. The molecule has 27 heavy (non-hydrogen) atoms. The van der Waals surface area contributed by atoms with Crippen LogP contribution in [-0.2, 0) is 10.0 Å². The Morgan fingerprint density at radius 1 is 1.00 bits per heavy atom. The second kappa shape index (κ2) is 7.75. The summed E-state index contributed by atoms with van der Waals surface area (Å²) in [6, 6.07) is 8.32. The molecule has 8 nitrogen and oxygen atoms in total. The molecule has 3 heterocycles. The predicted molar refractivity (Wildman–Crippen MR) is 98.5 cm³/mol. The van der Waals surface area contributed by atoms with Crippen LogP contribution in [0.1, 0.15) is 19.3 Å². The number of aromatic nitrogens is 4. The molecule has 0 saturated carbocycles. The van der Waals surface area contributed by atoms with Crippen LogP contribution < -0.4 is 0 Å². The van der Waals surface area contributed by atoms with Crippen LogP contribution in [-0.4, -0.2) is 46.0 Å². The first-order valence-electron chi connectivity index (χ1n) is 8.52. The molecule has 10 heteroatoms. The van der Waals surface area contributed by atoms with E-state index in [0.717, 1.165) is 31.0 Å². The number of sulfonamides is 1. The van der Waals surface area contributed by atoms with Crippen molar-refractivity contribution in [3.63, 3.8) is 0 Å². The van der Waals surface area contributed by atoms with Crippen molar-refractivity contribution in [2.75, 3.05) is 13.1 Å². The molecule has 0 spiro atoms. The zero-order valence-corrected chi connectivity index (χ0v) is 16.0. The first-order valence-corrected chi connectivity index (χ1v) is 10.8. The fourth-order valence-corrected chi connectivity index (χ4v) is 4.98. The SMILES string of the molecule is O=S(=O)(c1cccc(-c2nnc(Sc3ncccn3)o2)c1)N1CCCCC1. The molecule has 4 rings (SSSR count). The molecule has 1 aliphatic rings. The molecule has 1 fully saturated rings. The van der Waals surface area contributed by atoms with Gasteiger partial charge < -0.3 is 4.42 Å². The van der Waals surface area contributed by atoms with Gasteiger partial charge in [0.25, 0.3) is 5.22 Å². The van der Waals surface area contributed by atoms with Crippen molar-refractivity contribution in [2.45, 2.75) is 34.5 Å². The highest BCUT2D eigenvalue weighted by Gasteiger charge is 2.26. The van der Waals surface area contributed by atoms with Gasteiger partial charge in [0.1, 0.15) is 0 Å². The van der Waals surface area contributed by atoms with Gasteiger partial charge in [-0.05, 0) is 37.1 Å². The first-order chi connectivity index (χ1) is 13.1. The Bertz CT molecular complexity index is 1020. The Kier molecular flexibility index (Phi) is 5.19. The van der Waals surface area contributed by atoms with Crippen molar-refractivity contribution >= 4 is 21.8 Å². The van der Waals surface area contributed by atoms with Gasteiger partial charge in [-0.1, -0.05) is 12.5 Å². The smallest absolute Gasteiger partial charge is 0.284 e. The predicted octanol–water partition coefficient (Wildman–Crippen LogP) is 2.85. The highest BCUT2D eigenvalue weighted by Crippen LogP contribution is 2.29. The zero-order chi connectivity index (χ0) is 18.7. The van der Waals surface area contributed by atoms with E-state index in [2.05, 4.69) is 20.2 Å². The van der Waals surface area contributed by atoms with E-state index >= 15 is 0 Å². The summed E-state index contributed by atoms with van der Waals surface area (Å²) >= 11 is 1.15. The fraction of sp³-hybridized carbons (Fsp3) is 0.294. The number of benzene rings is 1. The maximum absolute atomic E-state index is 12.9. The van der Waals surface area contributed by atoms with E-state index in [1.54, 1.807) is 42.7 Å². The van der Waals surface area contributed by atoms with Crippen molar-refractivity contribution < 1.29 is 12.8 Å². The van der Waals surface area contributed by atoms with Crippen LogP contribution in [0.25, 0.3) is 11.5 Å². The maximum Gasteiger partial charge on any atom is 0.284 e. The minimum absolute atomic E-state index is 0.237. The highest BCUT2D eigenvalue weighted by atomic mass is 32.2. The number of rotatable bonds is 5. The van der Waals surface area contributed by atoms with Crippen LogP contribution >= 0.6 is 11.8 Å². The van der Waals surface area contributed by atoms with Gasteiger partial charge in [-0.25, -0.2) is 18.4 Å². The summed E-state index contributed by atoms with van der Waals surface area (Å²) in [7, 11) is -3.52. The van der Waals surface area contributed by atoms with Crippen molar-refractivity contribution in [3.8, 4) is 11.5 Å². The van der Waals surface area contributed by atoms with Crippen LogP contribution in [0.4, 0.5) is 0 Å². The third-order valence-corrected chi connectivity index (χ3v) is 6.79. The molecular formula is C17H17N5O3S2. The van der Waals surface area contributed by atoms with Gasteiger partial charge in [-0.3, -0.25) is 0 Å². The lowest BCUT2D eigenvalue weighted by atomic mass is 10.2. The Labute approximate surface area is 161 Å².